The molecule has 1 unspecified atom stereocenters. The number of carbonyl (C=O) groups is 1. The van der Waals surface area contributed by atoms with Gasteiger partial charge in [-0.3, -0.25) is 15.0 Å². The fourth-order valence-corrected chi connectivity index (χ4v) is 1.48. The highest BCUT2D eigenvalue weighted by atomic mass is 17.0. The number of nitro groups is 1. The number of benzene rings is 1. The Kier molecular flexibility index (Phi) is 1.33. The Balaban J connectivity index is 2.43. The van der Waals surface area contributed by atoms with Crippen LogP contribution in [0.2, 0.25) is 0 Å². The molecule has 16 heavy (non-hydrogen) atoms. The van der Waals surface area contributed by atoms with Crippen LogP contribution >= 0.6 is 0 Å². The van der Waals surface area contributed by atoms with Gasteiger partial charge in [0.2, 0.25) is 5.75 Å². The van der Waals surface area contributed by atoms with Gasteiger partial charge >= 0.3 is 6.03 Å². The molecule has 4 bridgehead atoms. The van der Waals surface area contributed by atoms with Gasteiger partial charge < -0.3 is 5.21 Å². The minimum Gasteiger partial charge on any atom is -0.552 e. The second-order valence-electron chi connectivity index (χ2n) is 3.17. The Hall–Kier alpha value is -2.39. The van der Waals surface area contributed by atoms with Crippen LogP contribution in [0.15, 0.2) is 22.2 Å². The summed E-state index contributed by atoms with van der Waals surface area (Å²) < 4.78 is 0. The zero-order valence-electron chi connectivity index (χ0n) is 7.48. The molecule has 80 valence electrons. The van der Waals surface area contributed by atoms with Gasteiger partial charge in [-0.2, -0.15) is 4.79 Å². The summed E-state index contributed by atoms with van der Waals surface area (Å²) >= 11 is 0. The number of quaternary nitrogens is 1. The molecule has 9 heteroatoms. The molecule has 0 fully saturated rings. The van der Waals surface area contributed by atoms with Crippen LogP contribution in [-0.2, 0) is 0 Å². The summed E-state index contributed by atoms with van der Waals surface area (Å²) in [6, 6.07) is 1.00. The summed E-state index contributed by atoms with van der Waals surface area (Å²) in [4.78, 5) is 27.2. The molecule has 0 saturated carbocycles. The quantitative estimate of drug-likeness (QED) is 0.275. The maximum absolute atomic E-state index is 11.6. The molecule has 1 aromatic carbocycles. The summed E-state index contributed by atoms with van der Waals surface area (Å²) in [6.45, 7) is 0. The van der Waals surface area contributed by atoms with Gasteiger partial charge in [0.05, 0.1) is 11.0 Å². The third-order valence-electron chi connectivity index (χ3n) is 2.16. The minimum absolute atomic E-state index is 0.00921. The maximum atomic E-state index is 11.6. The number of carbonyl (C=O) groups excluding carboxylic acids is 1. The third-order valence-corrected chi connectivity index (χ3v) is 2.16. The van der Waals surface area contributed by atoms with Gasteiger partial charge in [0, 0.05) is 11.0 Å². The molecule has 0 aromatic heterocycles. The lowest BCUT2D eigenvalue weighted by molar-refractivity contribution is -0.982. The van der Waals surface area contributed by atoms with Crippen LogP contribution in [0.5, 0.6) is 5.75 Å². The van der Waals surface area contributed by atoms with E-state index in [0.717, 1.165) is 12.1 Å². The molecule has 3 heterocycles. The summed E-state index contributed by atoms with van der Waals surface area (Å²) in [5.41, 5.74) is -0.270. The number of hydroxylamine groups is 2. The van der Waals surface area contributed by atoms with Crippen molar-refractivity contribution in [1.29, 1.82) is 0 Å². The van der Waals surface area contributed by atoms with Gasteiger partial charge in [-0.15, -0.1) is 4.99 Å². The van der Waals surface area contributed by atoms with E-state index in [1.54, 1.807) is 0 Å². The van der Waals surface area contributed by atoms with Crippen molar-refractivity contribution in [1.82, 2.24) is 0 Å². The van der Waals surface area contributed by atoms with Crippen LogP contribution in [0.4, 0.5) is 10.5 Å². The van der Waals surface area contributed by atoms with Gasteiger partial charge in [-0.1, -0.05) is 0 Å². The lowest BCUT2D eigenvalue weighted by atomic mass is 10.2. The van der Waals surface area contributed by atoms with Gasteiger partial charge in [-0.05, 0) is 5.10 Å². The van der Waals surface area contributed by atoms with E-state index in [4.69, 9.17) is 0 Å². The van der Waals surface area contributed by atoms with Crippen molar-refractivity contribution in [2.45, 2.75) is 0 Å². The molecular formula is C7H2N4O5. The topological polar surface area (TPSA) is 117 Å². The van der Waals surface area contributed by atoms with Crippen molar-refractivity contribution in [3.8, 4) is 5.75 Å². The lowest BCUT2D eigenvalue weighted by Gasteiger charge is -2.31. The summed E-state index contributed by atoms with van der Waals surface area (Å²) in [5, 5.41) is 25.6. The highest BCUT2D eigenvalue weighted by Gasteiger charge is 2.41. The fraction of sp³-hybridized carbons (Fsp3) is 0. The Morgan fingerprint density at radius 2 is 2.19 bits per heavy atom. The average molecular weight is 222 g/mol. The zero-order valence-corrected chi connectivity index (χ0v) is 7.48. The predicted molar refractivity (Wildman–Crippen MR) is 45.1 cm³/mol. The second-order valence-corrected chi connectivity index (χ2v) is 3.17. The first kappa shape index (κ1) is 8.88. The number of hydrogen-bond donors (Lipinski definition) is 0. The number of hydrogen-bond acceptors (Lipinski definition) is 6. The number of rotatable bonds is 1. The highest BCUT2D eigenvalue weighted by Crippen LogP contribution is 2.24. The van der Waals surface area contributed by atoms with Gasteiger partial charge in [0.1, 0.15) is 0 Å². The van der Waals surface area contributed by atoms with Crippen LogP contribution in [0, 0.1) is 15.3 Å². The summed E-state index contributed by atoms with van der Waals surface area (Å²) in [7, 11) is 0. The van der Waals surface area contributed by atoms with E-state index >= 15 is 0 Å². The van der Waals surface area contributed by atoms with Crippen LogP contribution in [0.1, 0.15) is 0 Å². The number of non-ortho nitro benzene ring substituents is 1. The van der Waals surface area contributed by atoms with E-state index in [9.17, 15) is 20.1 Å². The summed E-state index contributed by atoms with van der Waals surface area (Å²) in [6.07, 6.45) is 0. The van der Waals surface area contributed by atoms with Gasteiger partial charge in [-0.25, -0.2) is 0 Å². The molecule has 4 rings (SSSR count). The van der Waals surface area contributed by atoms with Crippen LogP contribution in [-0.4, -0.2) is 15.9 Å². The number of nitro benzene ring substituents is 1. The highest BCUT2D eigenvalue weighted by molar-refractivity contribution is 5.69. The SMILES string of the molecule is O=C1N=c2c3cc([N+](=O)[O-])cc2=N[N+]1([O-])O3. The van der Waals surface area contributed by atoms with Crippen molar-refractivity contribution < 1.29 is 19.5 Å². The number of fused-ring (bicyclic) bond motifs is 1. The molecule has 2 amide bonds. The van der Waals surface area contributed by atoms with Crippen LogP contribution in [0.3, 0.4) is 0 Å². The van der Waals surface area contributed by atoms with Gasteiger partial charge in [0.15, 0.2) is 10.7 Å². The molecule has 3 aliphatic heterocycles. The standard InChI is InChI=1S/C7H2N4O5/c12-7-8-6-4-1-3(10(13)14)2-5(6)16-11(7,15)9-4/h1-2H. The number of urea groups is 1. The summed E-state index contributed by atoms with van der Waals surface area (Å²) in [5.74, 6) is -0.103. The monoisotopic (exact) mass is 222 g/mol. The second kappa shape index (κ2) is 2.40. The van der Waals surface area contributed by atoms with Crippen LogP contribution < -0.4 is 15.6 Å². The molecule has 9 nitrogen and oxygen atoms in total. The molecule has 0 spiro atoms. The zero-order chi connectivity index (χ0) is 11.5. The van der Waals surface area contributed by atoms with Gasteiger partial charge in [0.25, 0.3) is 5.69 Å². The molecule has 1 atom stereocenters. The van der Waals surface area contributed by atoms with E-state index in [1.165, 1.54) is 0 Å². The van der Waals surface area contributed by atoms with Crippen molar-refractivity contribution in [2.24, 2.45) is 10.1 Å². The predicted octanol–water partition coefficient (Wildman–Crippen LogP) is -0.495. The Morgan fingerprint density at radius 1 is 1.44 bits per heavy atom. The Morgan fingerprint density at radius 3 is 2.75 bits per heavy atom. The average Bonchev–Trinajstić information content (AvgIpc) is 2.17. The minimum atomic E-state index is -1.92. The normalized spacial score (nSPS) is 24.4. The van der Waals surface area contributed by atoms with Crippen molar-refractivity contribution in [3.63, 3.8) is 0 Å². The van der Waals surface area contributed by atoms with E-state index in [-0.39, 0.29) is 22.2 Å². The molecule has 0 aliphatic carbocycles. The molecule has 0 saturated heterocycles. The lowest BCUT2D eigenvalue weighted by Crippen LogP contribution is -2.57. The van der Waals surface area contributed by atoms with Crippen molar-refractivity contribution in [2.75, 3.05) is 0 Å². The van der Waals surface area contributed by atoms with Crippen molar-refractivity contribution in [3.05, 3.63) is 38.2 Å². The molecule has 0 N–H and O–H groups in total. The third kappa shape index (κ3) is 0.924. The molecule has 1 aromatic rings. The van der Waals surface area contributed by atoms with Crippen molar-refractivity contribution >= 4 is 11.7 Å². The Bertz CT molecular complexity index is 668. The first-order chi connectivity index (χ1) is 7.49. The largest absolute Gasteiger partial charge is 0.552 e. The fourth-order valence-electron chi connectivity index (χ4n) is 1.48. The maximum Gasteiger partial charge on any atom is 0.514 e. The smallest absolute Gasteiger partial charge is 0.514 e. The first-order valence-electron chi connectivity index (χ1n) is 4.11. The Labute approximate surface area is 86.1 Å². The number of nitrogens with zero attached hydrogens (tertiary/aromatic N) is 4. The van der Waals surface area contributed by atoms with E-state index < -0.39 is 15.9 Å². The molecule has 3 aliphatic rings. The van der Waals surface area contributed by atoms with E-state index in [1.807, 2.05) is 0 Å². The van der Waals surface area contributed by atoms with Crippen LogP contribution in [0.25, 0.3) is 0 Å². The van der Waals surface area contributed by atoms with E-state index in [0.29, 0.717) is 0 Å². The number of amides is 2. The molecule has 0 radical (unpaired) electrons. The van der Waals surface area contributed by atoms with E-state index in [2.05, 4.69) is 14.9 Å². The molecular weight excluding hydrogens is 220 g/mol. The first-order valence-corrected chi connectivity index (χ1v) is 4.11.